The maximum Gasteiger partial charge on any atom is 0.215 e. The second-order valence-electron chi connectivity index (χ2n) is 5.37. The summed E-state index contributed by atoms with van der Waals surface area (Å²) in [6.07, 6.45) is 1.67. The highest BCUT2D eigenvalue weighted by Crippen LogP contribution is 2.23. The average Bonchev–Trinajstić information content (AvgIpc) is 2.88. The zero-order valence-corrected chi connectivity index (χ0v) is 14.6. The van der Waals surface area contributed by atoms with E-state index in [4.69, 9.17) is 0 Å². The minimum absolute atomic E-state index is 0.0405. The Morgan fingerprint density at radius 2 is 2.05 bits per heavy atom. The van der Waals surface area contributed by atoms with Gasteiger partial charge in [-0.2, -0.15) is 10.2 Å². The zero-order valence-electron chi connectivity index (χ0n) is 13.0. The summed E-state index contributed by atoms with van der Waals surface area (Å²) in [5.74, 6) is -0.0405. The lowest BCUT2D eigenvalue weighted by Gasteiger charge is -2.12. The van der Waals surface area contributed by atoms with Gasteiger partial charge in [-0.05, 0) is 43.9 Å². The molecular formula is C14H20BrN5O. The first-order chi connectivity index (χ1) is 9.82. The molecule has 0 aliphatic carbocycles. The van der Waals surface area contributed by atoms with E-state index in [2.05, 4.69) is 31.0 Å². The molecule has 0 spiro atoms. The Hall–Kier alpha value is -1.47. The standard InChI is InChI=1S/C14H20BrN5O/c1-9-12(10(2)19(5)17-9)14(21)13-11(15)8-16-20(13)7-6-18(3)4/h8H,6-7H2,1-5H3. The highest BCUT2D eigenvalue weighted by molar-refractivity contribution is 9.10. The molecule has 0 N–H and O–H groups in total. The minimum atomic E-state index is -0.0405. The van der Waals surface area contributed by atoms with E-state index in [1.165, 1.54) is 0 Å². The normalized spacial score (nSPS) is 11.4. The first-order valence-corrected chi connectivity index (χ1v) is 7.53. The third kappa shape index (κ3) is 3.08. The number of rotatable bonds is 5. The largest absolute Gasteiger partial charge is 0.308 e. The van der Waals surface area contributed by atoms with Crippen LogP contribution in [0.2, 0.25) is 0 Å². The fourth-order valence-electron chi connectivity index (χ4n) is 2.27. The molecule has 0 amide bonds. The van der Waals surface area contributed by atoms with Gasteiger partial charge in [0.2, 0.25) is 5.78 Å². The number of halogens is 1. The first kappa shape index (κ1) is 15.9. The maximum absolute atomic E-state index is 12.9. The van der Waals surface area contributed by atoms with Crippen molar-refractivity contribution in [1.82, 2.24) is 24.5 Å². The predicted molar refractivity (Wildman–Crippen MR) is 84.6 cm³/mol. The van der Waals surface area contributed by atoms with Gasteiger partial charge in [-0.3, -0.25) is 14.2 Å². The van der Waals surface area contributed by atoms with E-state index < -0.39 is 0 Å². The Kier molecular flexibility index (Phi) is 4.63. The summed E-state index contributed by atoms with van der Waals surface area (Å²) in [5.41, 5.74) is 2.85. The fraction of sp³-hybridized carbons (Fsp3) is 0.500. The molecule has 0 fully saturated rings. The number of likely N-dealkylation sites (N-methyl/N-ethyl adjacent to an activating group) is 1. The molecule has 6 nitrogen and oxygen atoms in total. The van der Waals surface area contributed by atoms with Gasteiger partial charge in [-0.1, -0.05) is 0 Å². The van der Waals surface area contributed by atoms with Crippen LogP contribution < -0.4 is 0 Å². The van der Waals surface area contributed by atoms with E-state index in [9.17, 15) is 4.79 Å². The van der Waals surface area contributed by atoms with Crippen molar-refractivity contribution in [2.75, 3.05) is 20.6 Å². The first-order valence-electron chi connectivity index (χ1n) is 6.73. The lowest BCUT2D eigenvalue weighted by molar-refractivity contribution is 0.102. The summed E-state index contributed by atoms with van der Waals surface area (Å²) in [5, 5.41) is 8.61. The molecule has 21 heavy (non-hydrogen) atoms. The van der Waals surface area contributed by atoms with Crippen LogP contribution >= 0.6 is 15.9 Å². The smallest absolute Gasteiger partial charge is 0.215 e. The van der Waals surface area contributed by atoms with Crippen molar-refractivity contribution in [3.63, 3.8) is 0 Å². The SMILES string of the molecule is Cc1nn(C)c(C)c1C(=O)c1c(Br)cnn1CCN(C)C. The fourth-order valence-corrected chi connectivity index (χ4v) is 2.75. The molecule has 0 radical (unpaired) electrons. The van der Waals surface area contributed by atoms with Crippen molar-refractivity contribution in [3.8, 4) is 0 Å². The van der Waals surface area contributed by atoms with Crippen molar-refractivity contribution >= 4 is 21.7 Å². The third-order valence-corrected chi connectivity index (χ3v) is 4.09. The number of aryl methyl sites for hydroxylation is 2. The topological polar surface area (TPSA) is 56.0 Å². The summed E-state index contributed by atoms with van der Waals surface area (Å²) in [7, 11) is 5.84. The van der Waals surface area contributed by atoms with Gasteiger partial charge < -0.3 is 4.90 Å². The van der Waals surface area contributed by atoms with Crippen molar-refractivity contribution in [2.45, 2.75) is 20.4 Å². The molecule has 7 heteroatoms. The molecule has 0 saturated heterocycles. The molecule has 0 aromatic carbocycles. The molecule has 2 aromatic heterocycles. The molecule has 0 aliphatic rings. The Balaban J connectivity index is 2.41. The van der Waals surface area contributed by atoms with E-state index >= 15 is 0 Å². The lowest BCUT2D eigenvalue weighted by Crippen LogP contribution is -2.22. The Labute approximate surface area is 132 Å². The molecule has 2 aromatic rings. The molecule has 0 aliphatic heterocycles. The summed E-state index contributed by atoms with van der Waals surface area (Å²) < 4.78 is 4.20. The maximum atomic E-state index is 12.9. The van der Waals surface area contributed by atoms with Gasteiger partial charge in [0.15, 0.2) is 0 Å². The monoisotopic (exact) mass is 353 g/mol. The van der Waals surface area contributed by atoms with E-state index in [1.807, 2.05) is 35.0 Å². The van der Waals surface area contributed by atoms with Gasteiger partial charge in [-0.25, -0.2) is 0 Å². The van der Waals surface area contributed by atoms with Crippen LogP contribution in [0, 0.1) is 13.8 Å². The second-order valence-corrected chi connectivity index (χ2v) is 6.22. The van der Waals surface area contributed by atoms with Crippen LogP contribution in [0.4, 0.5) is 0 Å². The van der Waals surface area contributed by atoms with Crippen molar-refractivity contribution < 1.29 is 4.79 Å². The Morgan fingerprint density at radius 1 is 1.38 bits per heavy atom. The Morgan fingerprint density at radius 3 is 2.57 bits per heavy atom. The highest BCUT2D eigenvalue weighted by Gasteiger charge is 2.24. The van der Waals surface area contributed by atoms with Crippen LogP contribution in [0.15, 0.2) is 10.7 Å². The number of hydrogen-bond acceptors (Lipinski definition) is 4. The predicted octanol–water partition coefficient (Wildman–Crippen LogP) is 1.79. The summed E-state index contributed by atoms with van der Waals surface area (Å²) in [4.78, 5) is 15.0. The average molecular weight is 354 g/mol. The van der Waals surface area contributed by atoms with Crippen LogP contribution in [-0.4, -0.2) is 50.9 Å². The van der Waals surface area contributed by atoms with Crippen LogP contribution in [-0.2, 0) is 13.6 Å². The van der Waals surface area contributed by atoms with Gasteiger partial charge in [0.1, 0.15) is 5.69 Å². The highest BCUT2D eigenvalue weighted by atomic mass is 79.9. The number of ketones is 1. The number of aromatic nitrogens is 4. The minimum Gasteiger partial charge on any atom is -0.308 e. The van der Waals surface area contributed by atoms with Crippen LogP contribution in [0.3, 0.4) is 0 Å². The number of carbonyl (C=O) groups excluding carboxylic acids is 1. The molecule has 2 rings (SSSR count). The molecule has 0 unspecified atom stereocenters. The summed E-state index contributed by atoms with van der Waals surface area (Å²) >= 11 is 3.43. The lowest BCUT2D eigenvalue weighted by atomic mass is 10.1. The number of nitrogens with zero attached hydrogens (tertiary/aromatic N) is 5. The van der Waals surface area contributed by atoms with Crippen molar-refractivity contribution in [3.05, 3.63) is 33.3 Å². The second kappa shape index (κ2) is 6.11. The Bertz CT molecular complexity index is 671. The molecule has 2 heterocycles. The number of hydrogen-bond donors (Lipinski definition) is 0. The third-order valence-electron chi connectivity index (χ3n) is 3.50. The molecular weight excluding hydrogens is 334 g/mol. The van der Waals surface area contributed by atoms with Gasteiger partial charge in [0.25, 0.3) is 0 Å². The van der Waals surface area contributed by atoms with E-state index in [0.29, 0.717) is 22.3 Å². The molecule has 114 valence electrons. The van der Waals surface area contributed by atoms with Gasteiger partial charge >= 0.3 is 0 Å². The van der Waals surface area contributed by atoms with Crippen LogP contribution in [0.1, 0.15) is 27.4 Å². The van der Waals surface area contributed by atoms with Crippen LogP contribution in [0.5, 0.6) is 0 Å². The van der Waals surface area contributed by atoms with Crippen LogP contribution in [0.25, 0.3) is 0 Å². The summed E-state index contributed by atoms with van der Waals surface area (Å²) in [6.45, 7) is 5.24. The number of carbonyl (C=O) groups is 1. The van der Waals surface area contributed by atoms with Gasteiger partial charge in [-0.15, -0.1) is 0 Å². The van der Waals surface area contributed by atoms with E-state index in [-0.39, 0.29) is 5.78 Å². The summed E-state index contributed by atoms with van der Waals surface area (Å²) in [6, 6.07) is 0. The van der Waals surface area contributed by atoms with E-state index in [1.54, 1.807) is 15.6 Å². The van der Waals surface area contributed by atoms with Gasteiger partial charge in [0.05, 0.1) is 28.5 Å². The zero-order chi connectivity index (χ0) is 15.7. The van der Waals surface area contributed by atoms with Gasteiger partial charge in [0, 0.05) is 19.3 Å². The molecule has 0 saturated carbocycles. The molecule has 0 bridgehead atoms. The van der Waals surface area contributed by atoms with Crippen molar-refractivity contribution in [2.24, 2.45) is 7.05 Å². The molecule has 0 atom stereocenters. The van der Waals surface area contributed by atoms with E-state index in [0.717, 1.165) is 17.9 Å². The quantitative estimate of drug-likeness (QED) is 0.769. The van der Waals surface area contributed by atoms with Crippen molar-refractivity contribution in [1.29, 1.82) is 0 Å².